The largest absolute Gasteiger partial charge is 0.340 e. The number of hydrogen-bond donors (Lipinski definition) is 1. The zero-order chi connectivity index (χ0) is 15.8. The summed E-state index contributed by atoms with van der Waals surface area (Å²) in [5.41, 5.74) is -0.201. The van der Waals surface area contributed by atoms with E-state index in [1.165, 1.54) is 0 Å². The summed E-state index contributed by atoms with van der Waals surface area (Å²) in [5, 5.41) is 3.43. The Morgan fingerprint density at radius 3 is 2.57 bits per heavy atom. The molecule has 2 unspecified atom stereocenters. The van der Waals surface area contributed by atoms with E-state index in [4.69, 9.17) is 11.6 Å². The van der Waals surface area contributed by atoms with Crippen LogP contribution in [0.1, 0.15) is 33.6 Å². The molecule has 2 rings (SSSR count). The third-order valence-electron chi connectivity index (χ3n) is 3.97. The number of nitrogens with one attached hydrogen (secondary N) is 1. The molecule has 0 aromatic heterocycles. The van der Waals surface area contributed by atoms with Gasteiger partial charge in [0.2, 0.25) is 5.91 Å². The summed E-state index contributed by atoms with van der Waals surface area (Å²) in [7, 11) is 0. The van der Waals surface area contributed by atoms with Crippen LogP contribution < -0.4 is 10.2 Å². The van der Waals surface area contributed by atoms with E-state index in [1.807, 2.05) is 13.8 Å². The summed E-state index contributed by atoms with van der Waals surface area (Å²) in [5.74, 6) is -0.220. The highest BCUT2D eigenvalue weighted by molar-refractivity contribution is 9.10. The number of benzene rings is 1. The minimum atomic E-state index is -0.873. The van der Waals surface area contributed by atoms with Crippen molar-refractivity contribution in [2.45, 2.75) is 45.2 Å². The monoisotopic (exact) mass is 372 g/mol. The number of nitrogens with zero attached hydrogens (tertiary/aromatic N) is 1. The number of carbonyl (C=O) groups is 2. The maximum Gasteiger partial charge on any atom is 0.253 e. The summed E-state index contributed by atoms with van der Waals surface area (Å²) >= 11 is 9.40. The zero-order valence-electron chi connectivity index (χ0n) is 12.2. The van der Waals surface area contributed by atoms with Gasteiger partial charge in [0.25, 0.3) is 5.91 Å². The maximum atomic E-state index is 12.9. The van der Waals surface area contributed by atoms with Crippen LogP contribution in [0, 0.1) is 0 Å². The molecule has 1 aliphatic heterocycles. The Bertz CT molecular complexity index is 593. The first-order valence-corrected chi connectivity index (χ1v) is 8.12. The molecule has 1 heterocycles. The molecule has 0 bridgehead atoms. The molecule has 1 saturated heterocycles. The van der Waals surface area contributed by atoms with Crippen molar-refractivity contribution in [3.63, 3.8) is 0 Å². The summed E-state index contributed by atoms with van der Waals surface area (Å²) in [4.78, 5) is 26.8. The van der Waals surface area contributed by atoms with Crippen molar-refractivity contribution in [1.29, 1.82) is 0 Å². The Labute approximate surface area is 138 Å². The average molecular weight is 374 g/mol. The van der Waals surface area contributed by atoms with Crippen LogP contribution in [0.25, 0.3) is 0 Å². The Balaban J connectivity index is 2.54. The number of carbonyl (C=O) groups excluding carboxylic acids is 2. The Hall–Kier alpha value is -1.07. The van der Waals surface area contributed by atoms with Crippen LogP contribution in [-0.2, 0) is 9.59 Å². The van der Waals surface area contributed by atoms with Crippen molar-refractivity contribution in [3.8, 4) is 0 Å². The van der Waals surface area contributed by atoms with Gasteiger partial charge in [-0.1, -0.05) is 25.4 Å². The molecule has 4 nitrogen and oxygen atoms in total. The lowest BCUT2D eigenvalue weighted by atomic mass is 9.90. The van der Waals surface area contributed by atoms with Crippen LogP contribution in [-0.4, -0.2) is 23.4 Å². The molecule has 0 aliphatic carbocycles. The SMILES string of the molecule is CCC1C(=O)NC(C)(CC)C(=O)N1c1ccc(Cl)cc1Br. The van der Waals surface area contributed by atoms with Gasteiger partial charge in [0.15, 0.2) is 0 Å². The third kappa shape index (κ3) is 2.81. The predicted molar refractivity (Wildman–Crippen MR) is 87.6 cm³/mol. The maximum absolute atomic E-state index is 12.9. The Kier molecular flexibility index (Phi) is 4.63. The standard InChI is InChI=1S/C15H18BrClN2O2/c1-4-11-13(20)18-15(3,5-2)14(21)19(11)12-7-6-9(17)8-10(12)16/h6-8,11H,4-5H2,1-3H3,(H,18,20). The van der Waals surface area contributed by atoms with E-state index >= 15 is 0 Å². The fraction of sp³-hybridized carbons (Fsp3) is 0.467. The van der Waals surface area contributed by atoms with E-state index in [9.17, 15) is 9.59 Å². The first-order valence-electron chi connectivity index (χ1n) is 6.94. The normalized spacial score (nSPS) is 26.0. The number of halogens is 2. The second-order valence-electron chi connectivity index (χ2n) is 5.37. The van der Waals surface area contributed by atoms with Crippen LogP contribution in [0.15, 0.2) is 22.7 Å². The van der Waals surface area contributed by atoms with Gasteiger partial charge in [-0.15, -0.1) is 0 Å². The van der Waals surface area contributed by atoms with Crippen molar-refractivity contribution < 1.29 is 9.59 Å². The minimum Gasteiger partial charge on any atom is -0.340 e. The Morgan fingerprint density at radius 2 is 2.05 bits per heavy atom. The molecule has 114 valence electrons. The van der Waals surface area contributed by atoms with Gasteiger partial charge in [-0.2, -0.15) is 0 Å². The number of rotatable bonds is 3. The molecule has 0 spiro atoms. The van der Waals surface area contributed by atoms with Gasteiger partial charge in [-0.05, 0) is 53.9 Å². The van der Waals surface area contributed by atoms with E-state index in [1.54, 1.807) is 30.0 Å². The van der Waals surface area contributed by atoms with Gasteiger partial charge < -0.3 is 5.32 Å². The predicted octanol–water partition coefficient (Wildman–Crippen LogP) is 3.51. The van der Waals surface area contributed by atoms with E-state index in [0.29, 0.717) is 28.0 Å². The molecule has 21 heavy (non-hydrogen) atoms. The lowest BCUT2D eigenvalue weighted by Crippen LogP contribution is -2.69. The average Bonchev–Trinajstić information content (AvgIpc) is 2.43. The van der Waals surface area contributed by atoms with Crippen LogP contribution in [0.4, 0.5) is 5.69 Å². The first kappa shape index (κ1) is 16.3. The third-order valence-corrected chi connectivity index (χ3v) is 4.84. The van der Waals surface area contributed by atoms with Gasteiger partial charge in [0.05, 0.1) is 5.69 Å². The van der Waals surface area contributed by atoms with E-state index in [2.05, 4.69) is 21.2 Å². The van der Waals surface area contributed by atoms with Crippen LogP contribution in [0.2, 0.25) is 5.02 Å². The van der Waals surface area contributed by atoms with Crippen LogP contribution in [0.5, 0.6) is 0 Å². The van der Waals surface area contributed by atoms with E-state index in [0.717, 1.165) is 0 Å². The van der Waals surface area contributed by atoms with Gasteiger partial charge >= 0.3 is 0 Å². The number of anilines is 1. The molecule has 1 aliphatic rings. The molecule has 1 aromatic rings. The Morgan fingerprint density at radius 1 is 1.38 bits per heavy atom. The second-order valence-corrected chi connectivity index (χ2v) is 6.66. The smallest absolute Gasteiger partial charge is 0.253 e. The van der Waals surface area contributed by atoms with Crippen LogP contribution in [0.3, 0.4) is 0 Å². The lowest BCUT2D eigenvalue weighted by Gasteiger charge is -2.44. The first-order chi connectivity index (χ1) is 9.84. The molecule has 1 N–H and O–H groups in total. The molecular formula is C15H18BrClN2O2. The van der Waals surface area contributed by atoms with Crippen molar-refractivity contribution >= 4 is 45.0 Å². The fourth-order valence-electron chi connectivity index (χ4n) is 2.49. The molecule has 6 heteroatoms. The van der Waals surface area contributed by atoms with E-state index < -0.39 is 11.6 Å². The number of hydrogen-bond acceptors (Lipinski definition) is 2. The summed E-state index contributed by atoms with van der Waals surface area (Å²) in [6.07, 6.45) is 1.09. The van der Waals surface area contributed by atoms with Crippen molar-refractivity contribution in [2.24, 2.45) is 0 Å². The lowest BCUT2D eigenvalue weighted by molar-refractivity contribution is -0.138. The zero-order valence-corrected chi connectivity index (χ0v) is 14.6. The van der Waals surface area contributed by atoms with Crippen molar-refractivity contribution in [2.75, 3.05) is 4.90 Å². The molecule has 1 aromatic carbocycles. The topological polar surface area (TPSA) is 49.4 Å². The minimum absolute atomic E-state index is 0.0977. The number of amides is 2. The molecule has 2 atom stereocenters. The highest BCUT2D eigenvalue weighted by atomic mass is 79.9. The van der Waals surface area contributed by atoms with Crippen molar-refractivity contribution in [1.82, 2.24) is 5.32 Å². The molecule has 0 radical (unpaired) electrons. The van der Waals surface area contributed by atoms with Gasteiger partial charge in [0, 0.05) is 9.50 Å². The molecule has 0 saturated carbocycles. The van der Waals surface area contributed by atoms with E-state index in [-0.39, 0.29) is 11.8 Å². The summed E-state index contributed by atoms with van der Waals surface area (Å²) < 4.78 is 0.704. The molecule has 1 fully saturated rings. The summed E-state index contributed by atoms with van der Waals surface area (Å²) in [6.45, 7) is 5.54. The quantitative estimate of drug-likeness (QED) is 0.881. The molecule has 2 amide bonds. The van der Waals surface area contributed by atoms with Crippen molar-refractivity contribution in [3.05, 3.63) is 27.7 Å². The van der Waals surface area contributed by atoms with Gasteiger partial charge in [-0.3, -0.25) is 14.5 Å². The second kappa shape index (κ2) is 5.97. The highest BCUT2D eigenvalue weighted by Crippen LogP contribution is 2.35. The molecular weight excluding hydrogens is 356 g/mol. The van der Waals surface area contributed by atoms with Crippen LogP contribution >= 0.6 is 27.5 Å². The highest BCUT2D eigenvalue weighted by Gasteiger charge is 2.47. The van der Waals surface area contributed by atoms with Gasteiger partial charge in [0.1, 0.15) is 11.6 Å². The summed E-state index contributed by atoms with van der Waals surface area (Å²) in [6, 6.07) is 4.71. The van der Waals surface area contributed by atoms with Gasteiger partial charge in [-0.25, -0.2) is 0 Å². The number of piperazine rings is 1. The fourth-order valence-corrected chi connectivity index (χ4v) is 3.37.